The number of rotatable bonds is 3. The van der Waals surface area contributed by atoms with Gasteiger partial charge in [0.25, 0.3) is 0 Å². The Morgan fingerprint density at radius 2 is 2.39 bits per heavy atom. The van der Waals surface area contributed by atoms with Gasteiger partial charge in [0.1, 0.15) is 6.04 Å². The predicted molar refractivity (Wildman–Crippen MR) is 70.1 cm³/mol. The van der Waals surface area contributed by atoms with Crippen LogP contribution in [-0.4, -0.2) is 36.5 Å². The van der Waals surface area contributed by atoms with Crippen LogP contribution in [0.4, 0.5) is 0 Å². The average molecular weight is 265 g/mol. The molecule has 2 heterocycles. The van der Waals surface area contributed by atoms with Gasteiger partial charge in [-0.2, -0.15) is 0 Å². The molecule has 1 aliphatic rings. The number of ether oxygens (including phenoxy) is 1. The van der Waals surface area contributed by atoms with E-state index in [9.17, 15) is 9.59 Å². The van der Waals surface area contributed by atoms with Crippen molar-refractivity contribution in [1.29, 1.82) is 0 Å². The Labute approximate surface area is 110 Å². The first-order valence-corrected chi connectivity index (χ1v) is 6.70. The van der Waals surface area contributed by atoms with Gasteiger partial charge in [-0.3, -0.25) is 4.79 Å². The zero-order valence-electron chi connectivity index (χ0n) is 10.2. The van der Waals surface area contributed by atoms with Crippen LogP contribution < -0.4 is 0 Å². The third kappa shape index (κ3) is 2.79. The number of esters is 1. The third-order valence-corrected chi connectivity index (χ3v) is 3.78. The number of hydrogen-bond acceptors (Lipinski definition) is 4. The van der Waals surface area contributed by atoms with Crippen molar-refractivity contribution in [2.24, 2.45) is 0 Å². The Balaban J connectivity index is 2.02. The van der Waals surface area contributed by atoms with E-state index >= 15 is 0 Å². The molecule has 0 bridgehead atoms. The number of likely N-dealkylation sites (tertiary alicyclic amines) is 1. The number of nitrogens with zero attached hydrogens (tertiary/aromatic N) is 1. The van der Waals surface area contributed by atoms with Gasteiger partial charge in [-0.25, -0.2) is 4.79 Å². The molecule has 1 aromatic heterocycles. The van der Waals surface area contributed by atoms with E-state index in [1.165, 1.54) is 13.2 Å². The fourth-order valence-electron chi connectivity index (χ4n) is 2.05. The first-order valence-electron chi connectivity index (χ1n) is 5.82. The molecule has 5 heteroatoms. The lowest BCUT2D eigenvalue weighted by Gasteiger charge is -2.20. The van der Waals surface area contributed by atoms with E-state index < -0.39 is 6.04 Å². The van der Waals surface area contributed by atoms with Crippen LogP contribution in [0.2, 0.25) is 0 Å². The van der Waals surface area contributed by atoms with Gasteiger partial charge in [-0.1, -0.05) is 6.07 Å². The molecule has 0 aromatic carbocycles. The molecule has 2 rings (SSSR count). The maximum atomic E-state index is 12.0. The minimum Gasteiger partial charge on any atom is -0.467 e. The molecule has 1 aliphatic heterocycles. The summed E-state index contributed by atoms with van der Waals surface area (Å²) in [6, 6.07) is 3.45. The van der Waals surface area contributed by atoms with Crippen molar-refractivity contribution in [3.63, 3.8) is 0 Å². The molecule has 0 saturated carbocycles. The Kier molecular flexibility index (Phi) is 4.15. The van der Waals surface area contributed by atoms with E-state index in [4.69, 9.17) is 4.74 Å². The summed E-state index contributed by atoms with van der Waals surface area (Å²) in [5, 5.41) is 1.96. The van der Waals surface area contributed by atoms with E-state index in [2.05, 4.69) is 0 Å². The molecule has 0 N–H and O–H groups in total. The highest BCUT2D eigenvalue weighted by Gasteiger charge is 2.33. The molecule has 1 saturated heterocycles. The highest BCUT2D eigenvalue weighted by molar-refractivity contribution is 7.10. The molecule has 1 aromatic rings. The summed E-state index contributed by atoms with van der Waals surface area (Å²) in [4.78, 5) is 26.1. The molecule has 18 heavy (non-hydrogen) atoms. The van der Waals surface area contributed by atoms with Crippen LogP contribution in [0.5, 0.6) is 0 Å². The molecular formula is C13H15NO3S. The van der Waals surface area contributed by atoms with Crippen LogP contribution in [0.1, 0.15) is 17.7 Å². The lowest BCUT2D eigenvalue weighted by molar-refractivity contribution is -0.149. The van der Waals surface area contributed by atoms with Gasteiger partial charge in [0.05, 0.1) is 7.11 Å². The monoisotopic (exact) mass is 265 g/mol. The molecule has 1 fully saturated rings. The number of carbonyl (C=O) groups excluding carboxylic acids is 2. The maximum Gasteiger partial charge on any atom is 0.328 e. The van der Waals surface area contributed by atoms with Gasteiger partial charge in [-0.15, -0.1) is 11.3 Å². The van der Waals surface area contributed by atoms with Gasteiger partial charge in [0, 0.05) is 17.5 Å². The van der Waals surface area contributed by atoms with Crippen molar-refractivity contribution in [1.82, 2.24) is 4.90 Å². The molecular weight excluding hydrogens is 250 g/mol. The zero-order chi connectivity index (χ0) is 13.0. The van der Waals surface area contributed by atoms with Crippen molar-refractivity contribution >= 4 is 29.3 Å². The fourth-order valence-corrected chi connectivity index (χ4v) is 2.66. The van der Waals surface area contributed by atoms with Crippen LogP contribution in [0, 0.1) is 0 Å². The maximum absolute atomic E-state index is 12.0. The van der Waals surface area contributed by atoms with Crippen LogP contribution in [0.15, 0.2) is 23.6 Å². The fraction of sp³-hybridized carbons (Fsp3) is 0.385. The van der Waals surface area contributed by atoms with Crippen LogP contribution >= 0.6 is 11.3 Å². The summed E-state index contributed by atoms with van der Waals surface area (Å²) in [6.45, 7) is 0.618. The van der Waals surface area contributed by atoms with E-state index in [0.717, 1.165) is 11.3 Å². The number of amides is 1. The Morgan fingerprint density at radius 3 is 3.06 bits per heavy atom. The SMILES string of the molecule is COC(=O)C1CCCN1C(=O)/C=C/c1cccs1. The Morgan fingerprint density at radius 1 is 1.56 bits per heavy atom. The normalized spacial score (nSPS) is 19.4. The number of carbonyl (C=O) groups is 2. The topological polar surface area (TPSA) is 46.6 Å². The van der Waals surface area contributed by atoms with Crippen molar-refractivity contribution in [3.05, 3.63) is 28.5 Å². The highest BCUT2D eigenvalue weighted by Crippen LogP contribution is 2.19. The van der Waals surface area contributed by atoms with Crippen LogP contribution in [0.3, 0.4) is 0 Å². The summed E-state index contributed by atoms with van der Waals surface area (Å²) >= 11 is 1.57. The van der Waals surface area contributed by atoms with Gasteiger partial charge in [-0.05, 0) is 30.4 Å². The molecule has 1 amide bonds. The molecule has 0 radical (unpaired) electrons. The zero-order valence-corrected chi connectivity index (χ0v) is 11.0. The van der Waals surface area contributed by atoms with E-state index in [1.807, 2.05) is 17.5 Å². The quantitative estimate of drug-likeness (QED) is 0.619. The molecule has 96 valence electrons. The van der Waals surface area contributed by atoms with E-state index in [0.29, 0.717) is 13.0 Å². The van der Waals surface area contributed by atoms with Crippen molar-refractivity contribution in [2.45, 2.75) is 18.9 Å². The van der Waals surface area contributed by atoms with Crippen molar-refractivity contribution < 1.29 is 14.3 Å². The lowest BCUT2D eigenvalue weighted by atomic mass is 10.2. The van der Waals surface area contributed by atoms with Gasteiger partial charge < -0.3 is 9.64 Å². The molecule has 4 nitrogen and oxygen atoms in total. The third-order valence-electron chi connectivity index (χ3n) is 2.94. The van der Waals surface area contributed by atoms with Crippen LogP contribution in [0.25, 0.3) is 6.08 Å². The van der Waals surface area contributed by atoms with E-state index in [1.54, 1.807) is 22.3 Å². The van der Waals surface area contributed by atoms with E-state index in [-0.39, 0.29) is 11.9 Å². The Bertz CT molecular complexity index is 453. The first-order chi connectivity index (χ1) is 8.72. The number of methoxy groups -OCH3 is 1. The second-order valence-corrected chi connectivity index (χ2v) is 5.04. The average Bonchev–Trinajstić information content (AvgIpc) is 3.05. The van der Waals surface area contributed by atoms with Crippen molar-refractivity contribution in [3.8, 4) is 0 Å². The summed E-state index contributed by atoms with van der Waals surface area (Å²) in [6.07, 6.45) is 4.83. The summed E-state index contributed by atoms with van der Waals surface area (Å²) in [5.41, 5.74) is 0. The molecule has 0 spiro atoms. The van der Waals surface area contributed by atoms with Crippen LogP contribution in [-0.2, 0) is 14.3 Å². The molecule has 0 aliphatic carbocycles. The molecule has 1 atom stereocenters. The summed E-state index contributed by atoms with van der Waals surface area (Å²) < 4.78 is 4.71. The largest absolute Gasteiger partial charge is 0.467 e. The molecule has 1 unspecified atom stereocenters. The van der Waals surface area contributed by atoms with Gasteiger partial charge in [0.2, 0.25) is 5.91 Å². The van der Waals surface area contributed by atoms with Gasteiger partial charge >= 0.3 is 5.97 Å². The minimum absolute atomic E-state index is 0.128. The van der Waals surface area contributed by atoms with Gasteiger partial charge in [0.15, 0.2) is 0 Å². The standard InChI is InChI=1S/C13H15NO3S/c1-17-13(16)11-5-2-8-14(11)12(15)7-6-10-4-3-9-18-10/h3-4,6-7,9,11H,2,5,8H2,1H3/b7-6+. The second kappa shape index (κ2) is 5.82. The number of hydrogen-bond donors (Lipinski definition) is 0. The predicted octanol–water partition coefficient (Wildman–Crippen LogP) is 1.93. The van der Waals surface area contributed by atoms with Crippen molar-refractivity contribution in [2.75, 3.05) is 13.7 Å². The summed E-state index contributed by atoms with van der Waals surface area (Å²) in [7, 11) is 1.35. The summed E-state index contributed by atoms with van der Waals surface area (Å²) in [5.74, 6) is -0.457. The number of thiophene rings is 1. The first kappa shape index (κ1) is 12.8. The smallest absolute Gasteiger partial charge is 0.328 e. The lowest BCUT2D eigenvalue weighted by Crippen LogP contribution is -2.40. The second-order valence-electron chi connectivity index (χ2n) is 4.06. The Hall–Kier alpha value is -1.62. The minimum atomic E-state index is -0.421. The highest BCUT2D eigenvalue weighted by atomic mass is 32.1.